The molecule has 0 radical (unpaired) electrons. The van der Waals surface area contributed by atoms with Gasteiger partial charge in [-0.05, 0) is 38.5 Å². The fourth-order valence-corrected chi connectivity index (χ4v) is 3.63. The number of hydrogen-bond donors (Lipinski definition) is 4. The van der Waals surface area contributed by atoms with Crippen LogP contribution in [0.1, 0.15) is 32.4 Å². The molecule has 1 unspecified atom stereocenters. The van der Waals surface area contributed by atoms with Crippen molar-refractivity contribution >= 4 is 22.7 Å². The van der Waals surface area contributed by atoms with Gasteiger partial charge in [0.05, 0.1) is 36.5 Å². The smallest absolute Gasteiger partial charge is 0.164 e. The van der Waals surface area contributed by atoms with Crippen LogP contribution >= 0.6 is 0 Å². The summed E-state index contributed by atoms with van der Waals surface area (Å²) in [6, 6.07) is 15.7. The number of hydrogen-bond acceptors (Lipinski definition) is 7. The van der Waals surface area contributed by atoms with E-state index in [0.717, 1.165) is 33.7 Å². The van der Waals surface area contributed by atoms with E-state index in [9.17, 15) is 10.2 Å². The Morgan fingerprint density at radius 2 is 1.82 bits per heavy atom. The monoisotopic (exact) mass is 446 g/mol. The Balaban J connectivity index is 1.59. The maximum absolute atomic E-state index is 9.93. The van der Waals surface area contributed by atoms with Crippen molar-refractivity contribution < 1.29 is 10.2 Å². The van der Waals surface area contributed by atoms with Gasteiger partial charge in [0.1, 0.15) is 11.3 Å². The first-order chi connectivity index (χ1) is 16.0. The summed E-state index contributed by atoms with van der Waals surface area (Å²) in [7, 11) is 0. The van der Waals surface area contributed by atoms with Crippen molar-refractivity contribution in [2.75, 3.05) is 17.2 Å². The molecule has 0 aliphatic rings. The van der Waals surface area contributed by atoms with Gasteiger partial charge in [0.2, 0.25) is 0 Å². The first-order valence-corrected chi connectivity index (χ1v) is 11.1. The number of fused-ring (bicyclic) bond motifs is 1. The van der Waals surface area contributed by atoms with Gasteiger partial charge >= 0.3 is 0 Å². The van der Waals surface area contributed by atoms with Gasteiger partial charge in [-0.15, -0.1) is 0 Å². The van der Waals surface area contributed by atoms with Crippen LogP contribution in [-0.2, 0) is 6.54 Å². The summed E-state index contributed by atoms with van der Waals surface area (Å²) in [6.45, 7) is 6.19. The Hall–Kier alpha value is -3.49. The Kier molecular flexibility index (Phi) is 6.86. The van der Waals surface area contributed by atoms with Crippen LogP contribution in [-0.4, -0.2) is 48.5 Å². The molecule has 8 heteroatoms. The SMILES string of the molecule is CC(C)n1cnc2c(NCc3ccc(-c4ccccn4)cc3)cc(NC(CO)[C@H](C)O)nc21. The topological polar surface area (TPSA) is 108 Å². The number of aliphatic hydroxyl groups excluding tert-OH is 2. The van der Waals surface area contributed by atoms with Crippen molar-refractivity contribution in [3.63, 3.8) is 0 Å². The highest BCUT2D eigenvalue weighted by Gasteiger charge is 2.18. The van der Waals surface area contributed by atoms with Crippen molar-refractivity contribution in [3.05, 3.63) is 66.6 Å². The van der Waals surface area contributed by atoms with E-state index in [1.807, 2.05) is 28.8 Å². The number of benzene rings is 1. The van der Waals surface area contributed by atoms with E-state index in [4.69, 9.17) is 4.98 Å². The highest BCUT2D eigenvalue weighted by atomic mass is 16.3. The zero-order chi connectivity index (χ0) is 23.4. The minimum Gasteiger partial charge on any atom is -0.394 e. The Labute approximate surface area is 193 Å². The predicted octanol–water partition coefficient (Wildman–Crippen LogP) is 3.84. The Bertz CT molecular complexity index is 1190. The minimum absolute atomic E-state index is 0.190. The summed E-state index contributed by atoms with van der Waals surface area (Å²) in [5.74, 6) is 0.567. The molecule has 0 aliphatic heterocycles. The molecule has 2 atom stereocenters. The number of imidazole rings is 1. The molecule has 1 aromatic carbocycles. The molecule has 4 rings (SSSR count). The highest BCUT2D eigenvalue weighted by molar-refractivity contribution is 5.88. The molecule has 0 aliphatic carbocycles. The average molecular weight is 447 g/mol. The van der Waals surface area contributed by atoms with Crippen LogP contribution in [0, 0.1) is 0 Å². The predicted molar refractivity (Wildman–Crippen MR) is 131 cm³/mol. The summed E-state index contributed by atoms with van der Waals surface area (Å²) in [4.78, 5) is 13.7. The first kappa shape index (κ1) is 22.7. The minimum atomic E-state index is -0.725. The van der Waals surface area contributed by atoms with E-state index in [1.54, 1.807) is 19.4 Å². The molecule has 0 saturated carbocycles. The van der Waals surface area contributed by atoms with E-state index in [0.29, 0.717) is 12.4 Å². The summed E-state index contributed by atoms with van der Waals surface area (Å²) in [5, 5.41) is 26.2. The number of pyridine rings is 2. The van der Waals surface area contributed by atoms with Crippen molar-refractivity contribution in [1.82, 2.24) is 19.5 Å². The van der Waals surface area contributed by atoms with Gasteiger partial charge in [-0.3, -0.25) is 4.98 Å². The number of aliphatic hydroxyl groups is 2. The third kappa shape index (κ3) is 5.13. The fourth-order valence-electron chi connectivity index (χ4n) is 3.63. The average Bonchev–Trinajstić information content (AvgIpc) is 3.26. The summed E-state index contributed by atoms with van der Waals surface area (Å²) < 4.78 is 2.00. The number of rotatable bonds is 9. The van der Waals surface area contributed by atoms with Crippen LogP contribution in [0.15, 0.2) is 61.1 Å². The number of aromatic nitrogens is 4. The molecule has 4 aromatic rings. The van der Waals surface area contributed by atoms with Gasteiger partial charge in [0.15, 0.2) is 5.65 Å². The number of anilines is 2. The third-order valence-corrected chi connectivity index (χ3v) is 5.60. The van der Waals surface area contributed by atoms with Crippen molar-refractivity contribution in [2.45, 2.75) is 45.5 Å². The second kappa shape index (κ2) is 9.97. The molecule has 0 saturated heterocycles. The van der Waals surface area contributed by atoms with Gasteiger partial charge in [-0.25, -0.2) is 9.97 Å². The highest BCUT2D eigenvalue weighted by Crippen LogP contribution is 2.27. The van der Waals surface area contributed by atoms with Crippen LogP contribution in [0.25, 0.3) is 22.4 Å². The van der Waals surface area contributed by atoms with E-state index in [1.165, 1.54) is 0 Å². The lowest BCUT2D eigenvalue weighted by molar-refractivity contribution is 0.132. The lowest BCUT2D eigenvalue weighted by Gasteiger charge is -2.20. The van der Waals surface area contributed by atoms with Crippen LogP contribution in [0.3, 0.4) is 0 Å². The lowest BCUT2D eigenvalue weighted by Crippen LogP contribution is -2.35. The zero-order valence-corrected chi connectivity index (χ0v) is 19.1. The van der Waals surface area contributed by atoms with Crippen molar-refractivity contribution in [2.24, 2.45) is 0 Å². The van der Waals surface area contributed by atoms with E-state index < -0.39 is 12.1 Å². The maximum atomic E-state index is 9.93. The van der Waals surface area contributed by atoms with Gasteiger partial charge in [-0.1, -0.05) is 30.3 Å². The van der Waals surface area contributed by atoms with Gasteiger partial charge < -0.3 is 25.4 Å². The summed E-state index contributed by atoms with van der Waals surface area (Å²) in [5.41, 5.74) is 5.48. The molecule has 3 aromatic heterocycles. The molecule has 0 fully saturated rings. The van der Waals surface area contributed by atoms with Crippen LogP contribution < -0.4 is 10.6 Å². The first-order valence-electron chi connectivity index (χ1n) is 11.1. The second-order valence-electron chi connectivity index (χ2n) is 8.41. The summed E-state index contributed by atoms with van der Waals surface area (Å²) in [6.07, 6.45) is 2.86. The number of nitrogens with zero attached hydrogens (tertiary/aromatic N) is 4. The lowest BCUT2D eigenvalue weighted by atomic mass is 10.1. The third-order valence-electron chi connectivity index (χ3n) is 5.60. The van der Waals surface area contributed by atoms with Gasteiger partial charge in [-0.2, -0.15) is 0 Å². The molecule has 33 heavy (non-hydrogen) atoms. The quantitative estimate of drug-likeness (QED) is 0.309. The fraction of sp³-hybridized carbons (Fsp3) is 0.320. The van der Waals surface area contributed by atoms with Crippen LogP contribution in [0.5, 0.6) is 0 Å². The Morgan fingerprint density at radius 1 is 1.03 bits per heavy atom. The van der Waals surface area contributed by atoms with Crippen molar-refractivity contribution in [1.29, 1.82) is 0 Å². The number of nitrogens with one attached hydrogen (secondary N) is 2. The standard InChI is InChI=1S/C25H30N6O2/c1-16(2)31-15-28-24-21(12-23(30-25(24)31)29-22(14-32)17(3)33)27-13-18-7-9-19(10-8-18)20-6-4-5-11-26-20/h4-12,15-17,22,32-33H,13-14H2,1-3H3,(H2,27,29,30)/t17-,22?/m0/s1. The molecule has 172 valence electrons. The normalized spacial score (nSPS) is 13.3. The van der Waals surface area contributed by atoms with Crippen LogP contribution in [0.2, 0.25) is 0 Å². The summed E-state index contributed by atoms with van der Waals surface area (Å²) >= 11 is 0. The zero-order valence-electron chi connectivity index (χ0n) is 19.1. The van der Waals surface area contributed by atoms with E-state index >= 15 is 0 Å². The van der Waals surface area contributed by atoms with Gasteiger partial charge in [0.25, 0.3) is 0 Å². The Morgan fingerprint density at radius 3 is 2.45 bits per heavy atom. The molecule has 4 N–H and O–H groups in total. The van der Waals surface area contributed by atoms with E-state index in [-0.39, 0.29) is 12.6 Å². The van der Waals surface area contributed by atoms with Crippen molar-refractivity contribution in [3.8, 4) is 11.3 Å². The second-order valence-corrected chi connectivity index (χ2v) is 8.41. The molecular formula is C25H30N6O2. The van der Waals surface area contributed by atoms with Gasteiger partial charge in [0, 0.05) is 30.4 Å². The maximum Gasteiger partial charge on any atom is 0.164 e. The largest absolute Gasteiger partial charge is 0.394 e. The van der Waals surface area contributed by atoms with E-state index in [2.05, 4.69) is 58.7 Å². The molecule has 0 spiro atoms. The molecule has 8 nitrogen and oxygen atoms in total. The molecule has 0 amide bonds. The molecular weight excluding hydrogens is 416 g/mol. The van der Waals surface area contributed by atoms with Crippen LogP contribution in [0.4, 0.5) is 11.5 Å². The molecule has 3 heterocycles. The molecule has 0 bridgehead atoms.